The minimum atomic E-state index is -0.256. The number of amidine groups is 1. The maximum absolute atomic E-state index is 13.9. The van der Waals surface area contributed by atoms with Gasteiger partial charge in [0.1, 0.15) is 11.6 Å². The standard InChI is InChI=1S/C18H15BrFN3O2S/c19-16-6-5-12(25-16)11-15-17(24)21-18(26-15)23-9-7-22(8-10-23)14-4-2-1-3-13(14)20/h1-6,11H,7-10H2/b15-11+. The molecule has 0 aliphatic carbocycles. The predicted octanol–water partition coefficient (Wildman–Crippen LogP) is 3.97. The number of halogens is 2. The summed E-state index contributed by atoms with van der Waals surface area (Å²) in [5.41, 5.74) is 0.619. The van der Waals surface area contributed by atoms with Gasteiger partial charge in [-0.3, -0.25) is 4.79 Å². The Kier molecular flexibility index (Phi) is 4.86. The van der Waals surface area contributed by atoms with Crippen LogP contribution in [0.3, 0.4) is 0 Å². The number of piperazine rings is 1. The molecule has 1 aromatic heterocycles. The quantitative estimate of drug-likeness (QED) is 0.667. The van der Waals surface area contributed by atoms with Crippen molar-refractivity contribution in [2.45, 2.75) is 0 Å². The minimum absolute atomic E-state index is 0.210. The number of nitrogens with zero attached hydrogens (tertiary/aromatic N) is 3. The van der Waals surface area contributed by atoms with E-state index in [1.807, 2.05) is 11.0 Å². The van der Waals surface area contributed by atoms with Crippen molar-refractivity contribution >= 4 is 50.5 Å². The molecule has 2 aliphatic rings. The zero-order valence-electron chi connectivity index (χ0n) is 13.7. The van der Waals surface area contributed by atoms with Gasteiger partial charge in [0.2, 0.25) is 0 Å². The van der Waals surface area contributed by atoms with Gasteiger partial charge >= 0.3 is 0 Å². The maximum Gasteiger partial charge on any atom is 0.286 e. The van der Waals surface area contributed by atoms with E-state index in [9.17, 15) is 9.18 Å². The Morgan fingerprint density at radius 2 is 1.85 bits per heavy atom. The Balaban J connectivity index is 1.41. The lowest BCUT2D eigenvalue weighted by molar-refractivity contribution is -0.113. The number of carbonyl (C=O) groups is 1. The van der Waals surface area contributed by atoms with E-state index in [0.29, 0.717) is 52.4 Å². The molecule has 134 valence electrons. The zero-order valence-corrected chi connectivity index (χ0v) is 16.1. The van der Waals surface area contributed by atoms with E-state index in [1.54, 1.807) is 30.3 Å². The number of amides is 1. The molecule has 1 fully saturated rings. The SMILES string of the molecule is O=C1N=C(N2CCN(c3ccccc3F)CC2)S/C1=C/c1ccc(Br)o1. The van der Waals surface area contributed by atoms with E-state index >= 15 is 0 Å². The summed E-state index contributed by atoms with van der Waals surface area (Å²) in [6.07, 6.45) is 1.70. The van der Waals surface area contributed by atoms with Crippen molar-refractivity contribution in [1.29, 1.82) is 0 Å². The Hall–Kier alpha value is -2.06. The molecule has 4 rings (SSSR count). The number of carbonyl (C=O) groups excluding carboxylic acids is 1. The van der Waals surface area contributed by atoms with Gasteiger partial charge < -0.3 is 14.2 Å². The molecule has 0 unspecified atom stereocenters. The molecule has 0 spiro atoms. The molecule has 2 aromatic rings. The fourth-order valence-electron chi connectivity index (χ4n) is 2.92. The van der Waals surface area contributed by atoms with E-state index in [4.69, 9.17) is 4.42 Å². The van der Waals surface area contributed by atoms with Crippen molar-refractivity contribution in [3.8, 4) is 0 Å². The normalized spacial score (nSPS) is 19.4. The second-order valence-electron chi connectivity index (χ2n) is 5.88. The highest BCUT2D eigenvalue weighted by atomic mass is 79.9. The highest BCUT2D eigenvalue weighted by molar-refractivity contribution is 9.10. The van der Waals surface area contributed by atoms with Gasteiger partial charge in [-0.2, -0.15) is 4.99 Å². The van der Waals surface area contributed by atoms with Crippen LogP contribution in [0.1, 0.15) is 5.76 Å². The first-order valence-electron chi connectivity index (χ1n) is 8.12. The van der Waals surface area contributed by atoms with Crippen LogP contribution in [0.15, 0.2) is 55.4 Å². The second-order valence-corrected chi connectivity index (χ2v) is 7.67. The van der Waals surface area contributed by atoms with Gasteiger partial charge in [0, 0.05) is 32.3 Å². The Labute approximate surface area is 162 Å². The van der Waals surface area contributed by atoms with Crippen LogP contribution in [-0.2, 0) is 4.79 Å². The van der Waals surface area contributed by atoms with Gasteiger partial charge in [0.25, 0.3) is 5.91 Å². The van der Waals surface area contributed by atoms with Crippen LogP contribution in [-0.4, -0.2) is 42.2 Å². The van der Waals surface area contributed by atoms with Crippen molar-refractivity contribution < 1.29 is 13.6 Å². The van der Waals surface area contributed by atoms with Gasteiger partial charge in [0.15, 0.2) is 9.84 Å². The van der Waals surface area contributed by atoms with E-state index in [2.05, 4.69) is 25.8 Å². The summed E-state index contributed by atoms with van der Waals surface area (Å²) in [6.45, 7) is 2.73. The minimum Gasteiger partial charge on any atom is -0.450 e. The van der Waals surface area contributed by atoms with Crippen molar-refractivity contribution in [1.82, 2.24) is 4.90 Å². The van der Waals surface area contributed by atoms with Gasteiger partial charge in [-0.25, -0.2) is 4.39 Å². The van der Waals surface area contributed by atoms with Crippen LogP contribution >= 0.6 is 27.7 Å². The molecule has 3 heterocycles. The lowest BCUT2D eigenvalue weighted by atomic mass is 10.2. The number of thioether (sulfide) groups is 1. The monoisotopic (exact) mass is 435 g/mol. The molecule has 0 atom stereocenters. The summed E-state index contributed by atoms with van der Waals surface area (Å²) in [4.78, 5) is 20.9. The lowest BCUT2D eigenvalue weighted by Gasteiger charge is -2.36. The average Bonchev–Trinajstić information content (AvgIpc) is 3.22. The molecule has 2 aliphatic heterocycles. The molecule has 1 aromatic carbocycles. The first kappa shape index (κ1) is 17.4. The number of hydrogen-bond acceptors (Lipinski definition) is 5. The second kappa shape index (κ2) is 7.28. The molecule has 0 radical (unpaired) electrons. The molecule has 26 heavy (non-hydrogen) atoms. The van der Waals surface area contributed by atoms with Crippen molar-refractivity contribution in [3.05, 3.63) is 57.6 Å². The third kappa shape index (κ3) is 3.57. The molecule has 1 saturated heterocycles. The van der Waals surface area contributed by atoms with Crippen LogP contribution in [0, 0.1) is 5.82 Å². The van der Waals surface area contributed by atoms with Gasteiger partial charge in [-0.05, 0) is 52.0 Å². The number of furan rings is 1. The van der Waals surface area contributed by atoms with E-state index < -0.39 is 0 Å². The van der Waals surface area contributed by atoms with Crippen molar-refractivity contribution in [2.75, 3.05) is 31.1 Å². The van der Waals surface area contributed by atoms with Crippen LogP contribution < -0.4 is 4.90 Å². The molecule has 8 heteroatoms. The summed E-state index contributed by atoms with van der Waals surface area (Å²) in [5.74, 6) is 0.140. The number of anilines is 1. The smallest absolute Gasteiger partial charge is 0.286 e. The Bertz CT molecular complexity index is 903. The summed E-state index contributed by atoms with van der Waals surface area (Å²) in [7, 11) is 0. The third-order valence-corrected chi connectivity index (χ3v) is 5.69. The maximum atomic E-state index is 13.9. The summed E-state index contributed by atoms with van der Waals surface area (Å²) < 4.78 is 20.0. The third-order valence-electron chi connectivity index (χ3n) is 4.22. The molecule has 0 saturated carbocycles. The fraction of sp³-hybridized carbons (Fsp3) is 0.222. The average molecular weight is 436 g/mol. The largest absolute Gasteiger partial charge is 0.450 e. The van der Waals surface area contributed by atoms with Gasteiger partial charge in [-0.1, -0.05) is 12.1 Å². The molecule has 0 bridgehead atoms. The van der Waals surface area contributed by atoms with E-state index in [1.165, 1.54) is 17.8 Å². The van der Waals surface area contributed by atoms with Crippen LogP contribution in [0.25, 0.3) is 6.08 Å². The lowest BCUT2D eigenvalue weighted by Crippen LogP contribution is -2.48. The zero-order chi connectivity index (χ0) is 18.1. The predicted molar refractivity (Wildman–Crippen MR) is 105 cm³/mol. The van der Waals surface area contributed by atoms with Crippen LogP contribution in [0.5, 0.6) is 0 Å². The van der Waals surface area contributed by atoms with E-state index in [0.717, 1.165) is 0 Å². The highest BCUT2D eigenvalue weighted by Crippen LogP contribution is 2.32. The van der Waals surface area contributed by atoms with E-state index in [-0.39, 0.29) is 11.7 Å². The summed E-state index contributed by atoms with van der Waals surface area (Å²) >= 11 is 4.59. The first-order chi connectivity index (χ1) is 12.6. The Morgan fingerprint density at radius 3 is 2.54 bits per heavy atom. The van der Waals surface area contributed by atoms with Crippen LogP contribution in [0.2, 0.25) is 0 Å². The molecular weight excluding hydrogens is 421 g/mol. The molecule has 1 amide bonds. The number of hydrogen-bond donors (Lipinski definition) is 0. The van der Waals surface area contributed by atoms with Crippen molar-refractivity contribution in [3.63, 3.8) is 0 Å². The van der Waals surface area contributed by atoms with Gasteiger partial charge in [0.05, 0.1) is 10.6 Å². The first-order valence-corrected chi connectivity index (χ1v) is 9.73. The number of para-hydroxylation sites is 1. The molecule has 5 nitrogen and oxygen atoms in total. The number of aliphatic imine (C=N–C) groups is 1. The fourth-order valence-corrected chi connectivity index (χ4v) is 4.18. The molecule has 0 N–H and O–H groups in total. The number of rotatable bonds is 2. The topological polar surface area (TPSA) is 49.1 Å². The Morgan fingerprint density at radius 1 is 1.12 bits per heavy atom. The highest BCUT2D eigenvalue weighted by Gasteiger charge is 2.29. The molecular formula is C18H15BrFN3O2S. The summed E-state index contributed by atoms with van der Waals surface area (Å²) in [6, 6.07) is 10.4. The number of benzene rings is 1. The summed E-state index contributed by atoms with van der Waals surface area (Å²) in [5, 5.41) is 0.694. The van der Waals surface area contributed by atoms with Crippen molar-refractivity contribution in [2.24, 2.45) is 4.99 Å². The van der Waals surface area contributed by atoms with Gasteiger partial charge in [-0.15, -0.1) is 0 Å². The van der Waals surface area contributed by atoms with Crippen LogP contribution in [0.4, 0.5) is 10.1 Å².